The number of methoxy groups -OCH3 is 1. The van der Waals surface area contributed by atoms with Crippen LogP contribution in [-0.4, -0.2) is 19.3 Å². The molecule has 1 aliphatic carbocycles. The molecule has 0 saturated heterocycles. The van der Waals surface area contributed by atoms with Crippen molar-refractivity contribution in [2.75, 3.05) is 7.11 Å². The van der Waals surface area contributed by atoms with Crippen LogP contribution in [0.15, 0.2) is 11.1 Å². The zero-order chi connectivity index (χ0) is 22.3. The second-order valence-corrected chi connectivity index (χ2v) is 8.12. The molecule has 0 aliphatic heterocycles. The van der Waals surface area contributed by atoms with Gasteiger partial charge in [0.2, 0.25) is 0 Å². The second-order valence-electron chi connectivity index (χ2n) is 7.71. The van der Waals surface area contributed by atoms with Crippen molar-refractivity contribution in [1.82, 2.24) is 0 Å². The van der Waals surface area contributed by atoms with Crippen LogP contribution in [0.5, 0.6) is 0 Å². The molecule has 29 heavy (non-hydrogen) atoms. The Morgan fingerprint density at radius 1 is 1.10 bits per heavy atom. The largest absolute Gasteiger partial charge is 0.461 e. The maximum absolute atomic E-state index is 14.4. The molecule has 0 radical (unpaired) electrons. The molecule has 0 N–H and O–H groups in total. The predicted octanol–water partition coefficient (Wildman–Crippen LogP) is 5.73. The summed E-state index contributed by atoms with van der Waals surface area (Å²) in [6.07, 6.45) is -3.88. The fraction of sp³-hybridized carbons (Fsp3) is 0.550. The summed E-state index contributed by atoms with van der Waals surface area (Å²) in [7, 11) is 1.31. The number of alkyl halides is 3. The van der Waals surface area contributed by atoms with Crippen molar-refractivity contribution >= 4 is 17.6 Å². The van der Waals surface area contributed by atoms with Gasteiger partial charge in [-0.05, 0) is 36.3 Å². The van der Waals surface area contributed by atoms with E-state index in [2.05, 4.69) is 0 Å². The van der Waals surface area contributed by atoms with E-state index in [0.717, 1.165) is 6.08 Å². The summed E-state index contributed by atoms with van der Waals surface area (Å²) in [5, 5.41) is -1.30. The number of halogens is 6. The summed E-state index contributed by atoms with van der Waals surface area (Å²) >= 11 is 5.27. The third-order valence-electron chi connectivity index (χ3n) is 5.50. The van der Waals surface area contributed by atoms with Gasteiger partial charge in [-0.2, -0.15) is 13.2 Å². The van der Waals surface area contributed by atoms with E-state index in [1.165, 1.54) is 21.0 Å². The van der Waals surface area contributed by atoms with Crippen LogP contribution in [0, 0.1) is 42.7 Å². The Labute approximate surface area is 170 Å². The highest BCUT2D eigenvalue weighted by Crippen LogP contribution is 2.60. The monoisotopic (exact) mass is 440 g/mol. The molecule has 1 aromatic carbocycles. The highest BCUT2D eigenvalue weighted by Gasteiger charge is 2.62. The van der Waals surface area contributed by atoms with Gasteiger partial charge >= 0.3 is 12.1 Å². The van der Waals surface area contributed by atoms with E-state index < -0.39 is 52.7 Å². The normalized spacial score (nSPS) is 21.3. The molecular formula is C20H22ClF5O3. The molecule has 2 rings (SSSR count). The Kier molecular flexibility index (Phi) is 6.69. The van der Waals surface area contributed by atoms with Crippen molar-refractivity contribution in [3.8, 4) is 0 Å². The molecule has 2 atom stereocenters. The standard InChI is InChI=1S/C20H22ClF5O3/c1-9-11(10(2)17(23)12(7-28-5)16(9)22)8-29-18(27)15-13(19(15,3)4)6-14(21)20(24,25)26/h6,13,15H,7-8H2,1-5H3/b14-6-/t13-,15-/m0/s1. The van der Waals surface area contributed by atoms with E-state index in [0.29, 0.717) is 0 Å². The summed E-state index contributed by atoms with van der Waals surface area (Å²) in [6, 6.07) is 0. The van der Waals surface area contributed by atoms with Gasteiger partial charge in [-0.15, -0.1) is 0 Å². The van der Waals surface area contributed by atoms with Gasteiger partial charge in [-0.3, -0.25) is 4.79 Å². The maximum atomic E-state index is 14.4. The number of rotatable bonds is 6. The number of hydrogen-bond donors (Lipinski definition) is 0. The number of hydrogen-bond acceptors (Lipinski definition) is 3. The summed E-state index contributed by atoms with van der Waals surface area (Å²) in [4.78, 5) is 12.4. The maximum Gasteiger partial charge on any atom is 0.426 e. The third kappa shape index (κ3) is 4.58. The topological polar surface area (TPSA) is 35.5 Å². The van der Waals surface area contributed by atoms with Crippen LogP contribution in [-0.2, 0) is 27.5 Å². The first kappa shape index (κ1) is 23.6. The molecule has 1 fully saturated rings. The fourth-order valence-corrected chi connectivity index (χ4v) is 3.64. The summed E-state index contributed by atoms with van der Waals surface area (Å²) in [6.45, 7) is 5.46. The van der Waals surface area contributed by atoms with E-state index in [9.17, 15) is 26.7 Å². The number of benzene rings is 1. The predicted molar refractivity (Wildman–Crippen MR) is 97.1 cm³/mol. The molecule has 9 heteroatoms. The van der Waals surface area contributed by atoms with Gasteiger partial charge in [0, 0.05) is 18.2 Å². The number of esters is 1. The van der Waals surface area contributed by atoms with E-state index in [1.54, 1.807) is 13.8 Å². The van der Waals surface area contributed by atoms with Gasteiger partial charge < -0.3 is 9.47 Å². The summed E-state index contributed by atoms with van der Waals surface area (Å²) in [5.41, 5.74) is -0.573. The molecule has 0 spiro atoms. The third-order valence-corrected chi connectivity index (χ3v) is 5.84. The van der Waals surface area contributed by atoms with Crippen molar-refractivity contribution in [1.29, 1.82) is 0 Å². The molecular weight excluding hydrogens is 419 g/mol. The fourth-order valence-electron chi connectivity index (χ4n) is 3.51. The first-order valence-corrected chi connectivity index (χ1v) is 9.18. The Balaban J connectivity index is 2.18. The number of carbonyl (C=O) groups excluding carboxylic acids is 1. The van der Waals surface area contributed by atoms with Gasteiger partial charge in [0.05, 0.1) is 12.5 Å². The molecule has 3 nitrogen and oxygen atoms in total. The Morgan fingerprint density at radius 2 is 1.62 bits per heavy atom. The highest BCUT2D eigenvalue weighted by atomic mass is 35.5. The minimum absolute atomic E-state index is 0.121. The molecule has 0 bridgehead atoms. The summed E-state index contributed by atoms with van der Waals surface area (Å²) < 4.78 is 76.8. The van der Waals surface area contributed by atoms with E-state index in [-0.39, 0.29) is 28.9 Å². The minimum Gasteiger partial charge on any atom is -0.461 e. The zero-order valence-corrected chi connectivity index (χ0v) is 17.4. The SMILES string of the molecule is COCc1c(F)c(C)c(COC(=O)[C@@H]2[C@H](/C=C(\Cl)C(F)(F)F)C2(C)C)c(C)c1F. The van der Waals surface area contributed by atoms with Crippen LogP contribution in [0.25, 0.3) is 0 Å². The molecule has 0 amide bonds. The first-order chi connectivity index (χ1) is 13.2. The molecule has 1 aromatic rings. The van der Waals surface area contributed by atoms with Crippen molar-refractivity contribution in [3.63, 3.8) is 0 Å². The Hall–Kier alpha value is -1.67. The van der Waals surface area contributed by atoms with Crippen LogP contribution in [0.4, 0.5) is 22.0 Å². The number of allylic oxidation sites excluding steroid dienone is 2. The van der Waals surface area contributed by atoms with Crippen molar-refractivity contribution in [3.05, 3.63) is 45.0 Å². The van der Waals surface area contributed by atoms with Crippen LogP contribution in [0.1, 0.15) is 36.1 Å². The Morgan fingerprint density at radius 3 is 2.07 bits per heavy atom. The van der Waals surface area contributed by atoms with Crippen LogP contribution >= 0.6 is 11.6 Å². The lowest BCUT2D eigenvalue weighted by Crippen LogP contribution is -2.14. The van der Waals surface area contributed by atoms with Gasteiger partial charge in [0.25, 0.3) is 0 Å². The Bertz CT molecular complexity index is 816. The van der Waals surface area contributed by atoms with Crippen LogP contribution in [0.3, 0.4) is 0 Å². The number of carbonyl (C=O) groups is 1. The van der Waals surface area contributed by atoms with E-state index >= 15 is 0 Å². The van der Waals surface area contributed by atoms with Gasteiger partial charge in [-0.25, -0.2) is 8.78 Å². The average Bonchev–Trinajstić information content (AvgIpc) is 3.16. The molecule has 1 saturated carbocycles. The quantitative estimate of drug-likeness (QED) is 0.418. The first-order valence-electron chi connectivity index (χ1n) is 8.81. The molecule has 162 valence electrons. The van der Waals surface area contributed by atoms with Crippen molar-refractivity contribution < 1.29 is 36.2 Å². The highest BCUT2D eigenvalue weighted by molar-refractivity contribution is 6.30. The van der Waals surface area contributed by atoms with Gasteiger partial charge in [-0.1, -0.05) is 31.5 Å². The smallest absolute Gasteiger partial charge is 0.426 e. The van der Waals surface area contributed by atoms with E-state index in [4.69, 9.17) is 21.1 Å². The lowest BCUT2D eigenvalue weighted by atomic mass is 9.98. The zero-order valence-electron chi connectivity index (χ0n) is 16.6. The van der Waals surface area contributed by atoms with Crippen molar-refractivity contribution in [2.45, 2.75) is 47.1 Å². The molecule has 0 unspecified atom stereocenters. The van der Waals surface area contributed by atoms with Gasteiger partial charge in [0.1, 0.15) is 23.3 Å². The van der Waals surface area contributed by atoms with Crippen LogP contribution in [0.2, 0.25) is 0 Å². The van der Waals surface area contributed by atoms with E-state index in [1.807, 2.05) is 0 Å². The van der Waals surface area contributed by atoms with Gasteiger partial charge in [0.15, 0.2) is 0 Å². The molecule has 1 aliphatic rings. The molecule has 0 aromatic heterocycles. The lowest BCUT2D eigenvalue weighted by Gasteiger charge is -2.16. The lowest BCUT2D eigenvalue weighted by molar-refractivity contribution is -0.147. The summed E-state index contributed by atoms with van der Waals surface area (Å²) in [5.74, 6) is -3.90. The van der Waals surface area contributed by atoms with Crippen LogP contribution < -0.4 is 0 Å². The molecule has 0 heterocycles. The minimum atomic E-state index is -4.69. The second kappa shape index (κ2) is 8.22. The van der Waals surface area contributed by atoms with Crippen molar-refractivity contribution in [2.24, 2.45) is 17.3 Å². The average molecular weight is 441 g/mol. The number of ether oxygens (including phenoxy) is 2.